The summed E-state index contributed by atoms with van der Waals surface area (Å²) in [6.07, 6.45) is 2.24. The summed E-state index contributed by atoms with van der Waals surface area (Å²) in [4.78, 5) is 17.1. The number of aromatic nitrogens is 3. The molecule has 1 aromatic heterocycles. The van der Waals surface area contributed by atoms with E-state index in [-0.39, 0.29) is 17.0 Å². The predicted molar refractivity (Wildman–Crippen MR) is 104 cm³/mol. The van der Waals surface area contributed by atoms with Crippen LogP contribution in [-0.2, 0) is 4.79 Å². The number of anilines is 1. The number of benzene rings is 2. The quantitative estimate of drug-likeness (QED) is 0.642. The van der Waals surface area contributed by atoms with E-state index in [0.717, 1.165) is 24.4 Å². The van der Waals surface area contributed by atoms with Gasteiger partial charge in [0.1, 0.15) is 11.6 Å². The Morgan fingerprint density at radius 3 is 2.56 bits per heavy atom. The molecule has 4 rings (SSSR count). The lowest BCUT2D eigenvalue weighted by Crippen LogP contribution is -2.22. The minimum atomic E-state index is -0.381. The van der Waals surface area contributed by atoms with Crippen molar-refractivity contribution >= 4 is 23.4 Å². The molecular formula is C20H19FN4OS. The molecule has 1 N–H and O–H groups in total. The Kier molecular flexibility index (Phi) is 4.94. The molecule has 1 fully saturated rings. The number of nitrogens with zero attached hydrogens (tertiary/aromatic N) is 3. The Morgan fingerprint density at radius 1 is 1.19 bits per heavy atom. The van der Waals surface area contributed by atoms with Crippen molar-refractivity contribution in [2.24, 2.45) is 0 Å². The Morgan fingerprint density at radius 2 is 1.89 bits per heavy atom. The van der Waals surface area contributed by atoms with Crippen LogP contribution in [0.15, 0.2) is 59.8 Å². The normalized spacial score (nSPS) is 14.7. The third-order valence-electron chi connectivity index (χ3n) is 4.32. The highest BCUT2D eigenvalue weighted by Gasteiger charge is 2.31. The van der Waals surface area contributed by atoms with Crippen LogP contribution in [-0.4, -0.2) is 25.9 Å². The van der Waals surface area contributed by atoms with Crippen molar-refractivity contribution in [1.29, 1.82) is 0 Å². The molecule has 1 amide bonds. The van der Waals surface area contributed by atoms with E-state index >= 15 is 0 Å². The van der Waals surface area contributed by atoms with Gasteiger partial charge in [0.2, 0.25) is 11.1 Å². The van der Waals surface area contributed by atoms with E-state index in [9.17, 15) is 9.18 Å². The van der Waals surface area contributed by atoms with E-state index in [1.54, 1.807) is 0 Å². The number of nitrogens with one attached hydrogen (secondary N) is 1. The Labute approximate surface area is 161 Å². The molecule has 1 aliphatic carbocycles. The summed E-state index contributed by atoms with van der Waals surface area (Å²) in [7, 11) is 0. The predicted octanol–water partition coefficient (Wildman–Crippen LogP) is 4.40. The first-order valence-electron chi connectivity index (χ1n) is 8.85. The van der Waals surface area contributed by atoms with Gasteiger partial charge >= 0.3 is 0 Å². The number of halogens is 1. The maximum Gasteiger partial charge on any atom is 0.237 e. The molecule has 1 heterocycles. The molecule has 5 nitrogen and oxygen atoms in total. The van der Waals surface area contributed by atoms with Crippen LogP contribution in [0.25, 0.3) is 5.69 Å². The molecule has 0 saturated heterocycles. The van der Waals surface area contributed by atoms with E-state index in [0.29, 0.717) is 16.8 Å². The first-order valence-corrected chi connectivity index (χ1v) is 9.73. The van der Waals surface area contributed by atoms with Gasteiger partial charge in [-0.15, -0.1) is 5.10 Å². The highest BCUT2D eigenvalue weighted by Crippen LogP contribution is 2.40. The fourth-order valence-corrected chi connectivity index (χ4v) is 3.47. The number of para-hydroxylation sites is 1. The molecule has 0 spiro atoms. The van der Waals surface area contributed by atoms with Crippen LogP contribution in [0.2, 0.25) is 0 Å². The second kappa shape index (κ2) is 7.52. The molecule has 27 heavy (non-hydrogen) atoms. The fraction of sp³-hybridized carbons (Fsp3) is 0.250. The number of carbonyl (C=O) groups excluding carboxylic acids is 1. The van der Waals surface area contributed by atoms with Gasteiger partial charge in [-0.05, 0) is 56.2 Å². The topological polar surface area (TPSA) is 59.8 Å². The maximum absolute atomic E-state index is 13.0. The number of hydrogen-bond acceptors (Lipinski definition) is 4. The molecule has 1 aliphatic rings. The van der Waals surface area contributed by atoms with Crippen molar-refractivity contribution in [3.8, 4) is 5.69 Å². The van der Waals surface area contributed by atoms with E-state index in [1.807, 2.05) is 41.9 Å². The number of thioether (sulfide) groups is 1. The SMILES string of the molecule is C[C@@H](Sc1nc(C2CC2)n(-c2ccccc2)n1)C(=O)Nc1ccc(F)cc1. The first kappa shape index (κ1) is 17.7. The lowest BCUT2D eigenvalue weighted by atomic mass is 10.3. The standard InChI is InChI=1S/C20H19FN4OS/c1-13(19(26)22-16-11-9-15(21)10-12-16)27-20-23-18(14-7-8-14)25(24-20)17-5-3-2-4-6-17/h2-6,9-14H,7-8H2,1H3,(H,22,26)/t13-/m1/s1. The van der Waals surface area contributed by atoms with Crippen LogP contribution in [0.4, 0.5) is 10.1 Å². The van der Waals surface area contributed by atoms with Crippen LogP contribution < -0.4 is 5.32 Å². The minimum absolute atomic E-state index is 0.171. The number of rotatable bonds is 6. The van der Waals surface area contributed by atoms with Gasteiger partial charge in [-0.3, -0.25) is 4.79 Å². The lowest BCUT2D eigenvalue weighted by Gasteiger charge is -2.10. The number of carbonyl (C=O) groups is 1. The molecule has 138 valence electrons. The van der Waals surface area contributed by atoms with Gasteiger partial charge < -0.3 is 5.32 Å². The van der Waals surface area contributed by atoms with E-state index in [2.05, 4.69) is 15.4 Å². The van der Waals surface area contributed by atoms with Gasteiger partial charge in [-0.2, -0.15) is 0 Å². The van der Waals surface area contributed by atoms with E-state index in [4.69, 9.17) is 0 Å². The third-order valence-corrected chi connectivity index (χ3v) is 5.27. The smallest absolute Gasteiger partial charge is 0.237 e. The zero-order valence-corrected chi connectivity index (χ0v) is 15.6. The maximum atomic E-state index is 13.0. The van der Waals surface area contributed by atoms with Gasteiger partial charge in [0.15, 0.2) is 0 Å². The molecule has 7 heteroatoms. The van der Waals surface area contributed by atoms with Crippen LogP contribution in [0.5, 0.6) is 0 Å². The monoisotopic (exact) mass is 382 g/mol. The zero-order valence-electron chi connectivity index (χ0n) is 14.8. The van der Waals surface area contributed by atoms with Gasteiger partial charge in [0.25, 0.3) is 0 Å². The van der Waals surface area contributed by atoms with Crippen LogP contribution in [0, 0.1) is 5.82 Å². The average Bonchev–Trinajstić information content (AvgIpc) is 3.44. The van der Waals surface area contributed by atoms with Gasteiger partial charge in [-0.25, -0.2) is 14.1 Å². The molecule has 1 saturated carbocycles. The van der Waals surface area contributed by atoms with Crippen molar-refractivity contribution in [3.63, 3.8) is 0 Å². The van der Waals surface area contributed by atoms with E-state index in [1.165, 1.54) is 36.0 Å². The molecule has 0 bridgehead atoms. The molecule has 1 atom stereocenters. The van der Waals surface area contributed by atoms with Crippen molar-refractivity contribution in [1.82, 2.24) is 14.8 Å². The Hall–Kier alpha value is -2.67. The molecule has 3 aromatic rings. The van der Waals surface area contributed by atoms with Gasteiger partial charge in [0.05, 0.1) is 10.9 Å². The van der Waals surface area contributed by atoms with Gasteiger partial charge in [-0.1, -0.05) is 30.0 Å². The first-order chi connectivity index (χ1) is 13.1. The third kappa shape index (κ3) is 4.19. The zero-order chi connectivity index (χ0) is 18.8. The summed E-state index contributed by atoms with van der Waals surface area (Å²) in [5, 5.41) is 7.62. The van der Waals surface area contributed by atoms with Crippen LogP contribution in [0.1, 0.15) is 31.5 Å². The van der Waals surface area contributed by atoms with Crippen molar-refractivity contribution in [2.75, 3.05) is 5.32 Å². The van der Waals surface area contributed by atoms with Crippen LogP contribution in [0.3, 0.4) is 0 Å². The summed E-state index contributed by atoms with van der Waals surface area (Å²) < 4.78 is 14.9. The fourth-order valence-electron chi connectivity index (χ4n) is 2.71. The highest BCUT2D eigenvalue weighted by atomic mass is 32.2. The van der Waals surface area contributed by atoms with Gasteiger partial charge in [0, 0.05) is 11.6 Å². The van der Waals surface area contributed by atoms with Crippen molar-refractivity contribution < 1.29 is 9.18 Å². The lowest BCUT2D eigenvalue weighted by molar-refractivity contribution is -0.115. The molecule has 2 aromatic carbocycles. The molecule has 0 aliphatic heterocycles. The molecular weight excluding hydrogens is 363 g/mol. The number of hydrogen-bond donors (Lipinski definition) is 1. The summed E-state index contributed by atoms with van der Waals surface area (Å²) in [6.45, 7) is 1.81. The summed E-state index contributed by atoms with van der Waals surface area (Å²) in [6, 6.07) is 15.6. The Balaban J connectivity index is 1.48. The second-order valence-electron chi connectivity index (χ2n) is 6.53. The number of amides is 1. The average molecular weight is 382 g/mol. The highest BCUT2D eigenvalue weighted by molar-refractivity contribution is 8.00. The Bertz CT molecular complexity index is 938. The molecule has 0 unspecified atom stereocenters. The van der Waals surface area contributed by atoms with Crippen molar-refractivity contribution in [3.05, 3.63) is 66.2 Å². The van der Waals surface area contributed by atoms with Crippen LogP contribution >= 0.6 is 11.8 Å². The van der Waals surface area contributed by atoms with Crippen molar-refractivity contribution in [2.45, 2.75) is 36.1 Å². The summed E-state index contributed by atoms with van der Waals surface area (Å²) >= 11 is 1.32. The minimum Gasteiger partial charge on any atom is -0.325 e. The largest absolute Gasteiger partial charge is 0.325 e. The second-order valence-corrected chi connectivity index (χ2v) is 7.84. The molecule has 0 radical (unpaired) electrons. The summed E-state index contributed by atoms with van der Waals surface area (Å²) in [5.41, 5.74) is 1.54. The van der Waals surface area contributed by atoms with E-state index < -0.39 is 0 Å². The summed E-state index contributed by atoms with van der Waals surface area (Å²) in [5.74, 6) is 0.888.